The van der Waals surface area contributed by atoms with E-state index in [2.05, 4.69) is 0 Å². The maximum atomic E-state index is 14.1. The van der Waals surface area contributed by atoms with E-state index in [1.807, 2.05) is 0 Å². The summed E-state index contributed by atoms with van der Waals surface area (Å²) in [4.78, 5) is 24.5. The van der Waals surface area contributed by atoms with Crippen molar-refractivity contribution in [2.45, 2.75) is 19.8 Å². The number of aromatic hydroxyl groups is 1. The molecule has 0 aliphatic carbocycles. The van der Waals surface area contributed by atoms with Crippen molar-refractivity contribution in [1.82, 2.24) is 0 Å². The quantitative estimate of drug-likeness (QED) is 0.854. The zero-order valence-corrected chi connectivity index (χ0v) is 13.4. The molecule has 1 N–H and O–H groups in total. The van der Waals surface area contributed by atoms with Gasteiger partial charge in [-0.1, -0.05) is 11.6 Å². The van der Waals surface area contributed by atoms with Gasteiger partial charge < -0.3 is 14.3 Å². The third-order valence-corrected chi connectivity index (χ3v) is 3.80. The first-order chi connectivity index (χ1) is 11.4. The molecule has 1 saturated heterocycles. The average Bonchev–Trinajstić information content (AvgIpc) is 3.06. The van der Waals surface area contributed by atoms with Crippen LogP contribution in [0.25, 0.3) is 11.3 Å². The number of esters is 1. The SMILES string of the molecule is CC(=O)Oc1c(N2CCCC2=O)oc(-c2cc(Cl)ccc2F)c1O. The number of furan rings is 1. The fourth-order valence-corrected chi connectivity index (χ4v) is 2.70. The number of hydrogen-bond acceptors (Lipinski definition) is 5. The minimum Gasteiger partial charge on any atom is -0.502 e. The first kappa shape index (κ1) is 16.3. The van der Waals surface area contributed by atoms with Gasteiger partial charge in [-0.2, -0.15) is 0 Å². The molecule has 3 rings (SSSR count). The first-order valence-electron chi connectivity index (χ1n) is 7.18. The van der Waals surface area contributed by atoms with Crippen LogP contribution in [0.1, 0.15) is 19.8 Å². The molecule has 0 atom stereocenters. The number of carbonyl (C=O) groups excluding carboxylic acids is 2. The molecule has 0 saturated carbocycles. The van der Waals surface area contributed by atoms with Gasteiger partial charge in [0.05, 0.1) is 5.56 Å². The van der Waals surface area contributed by atoms with Gasteiger partial charge in [-0.15, -0.1) is 0 Å². The van der Waals surface area contributed by atoms with Crippen molar-refractivity contribution in [1.29, 1.82) is 0 Å². The summed E-state index contributed by atoms with van der Waals surface area (Å²) in [7, 11) is 0. The monoisotopic (exact) mass is 353 g/mol. The topological polar surface area (TPSA) is 80.0 Å². The number of anilines is 1. The second-order valence-electron chi connectivity index (χ2n) is 5.28. The molecule has 8 heteroatoms. The Morgan fingerprint density at radius 2 is 2.21 bits per heavy atom. The Balaban J connectivity index is 2.17. The summed E-state index contributed by atoms with van der Waals surface area (Å²) >= 11 is 5.86. The maximum absolute atomic E-state index is 14.1. The fourth-order valence-electron chi connectivity index (χ4n) is 2.53. The number of benzene rings is 1. The minimum atomic E-state index is -0.711. The van der Waals surface area contributed by atoms with Crippen LogP contribution in [-0.2, 0) is 9.59 Å². The summed E-state index contributed by atoms with van der Waals surface area (Å²) in [6, 6.07) is 3.73. The van der Waals surface area contributed by atoms with Gasteiger partial charge in [0.25, 0.3) is 5.88 Å². The van der Waals surface area contributed by atoms with E-state index < -0.39 is 17.5 Å². The van der Waals surface area contributed by atoms with Gasteiger partial charge in [0, 0.05) is 24.9 Å². The molecule has 0 bridgehead atoms. The van der Waals surface area contributed by atoms with Gasteiger partial charge in [-0.3, -0.25) is 14.5 Å². The minimum absolute atomic E-state index is 0.105. The largest absolute Gasteiger partial charge is 0.502 e. The van der Waals surface area contributed by atoms with Crippen molar-refractivity contribution in [3.8, 4) is 22.8 Å². The molecular weight excluding hydrogens is 341 g/mol. The molecule has 1 aromatic carbocycles. The van der Waals surface area contributed by atoms with Crippen LogP contribution in [0.4, 0.5) is 10.3 Å². The highest BCUT2D eigenvalue weighted by molar-refractivity contribution is 6.30. The molecule has 0 unspecified atom stereocenters. The van der Waals surface area contributed by atoms with Gasteiger partial charge in [0.1, 0.15) is 5.82 Å². The van der Waals surface area contributed by atoms with Crippen LogP contribution < -0.4 is 9.64 Å². The highest BCUT2D eigenvalue weighted by atomic mass is 35.5. The number of carbonyl (C=O) groups is 2. The second kappa shape index (κ2) is 6.16. The molecule has 24 heavy (non-hydrogen) atoms. The summed E-state index contributed by atoms with van der Waals surface area (Å²) in [5, 5.41) is 10.6. The molecule has 1 aromatic heterocycles. The predicted octanol–water partition coefficient (Wildman–Crippen LogP) is 3.50. The molecule has 1 aliphatic rings. The normalized spacial score (nSPS) is 14.3. The van der Waals surface area contributed by atoms with Crippen molar-refractivity contribution >= 4 is 29.4 Å². The Labute approximate surface area is 141 Å². The summed E-state index contributed by atoms with van der Waals surface area (Å²) in [5.74, 6) is -2.90. The fraction of sp³-hybridized carbons (Fsp3) is 0.250. The zero-order valence-electron chi connectivity index (χ0n) is 12.6. The maximum Gasteiger partial charge on any atom is 0.308 e. The van der Waals surface area contributed by atoms with E-state index in [9.17, 15) is 19.1 Å². The van der Waals surface area contributed by atoms with E-state index in [0.717, 1.165) is 13.0 Å². The smallest absolute Gasteiger partial charge is 0.308 e. The van der Waals surface area contributed by atoms with E-state index >= 15 is 0 Å². The Bertz CT molecular complexity index is 832. The van der Waals surface area contributed by atoms with Crippen molar-refractivity contribution < 1.29 is 28.2 Å². The number of rotatable bonds is 3. The van der Waals surface area contributed by atoms with E-state index in [0.29, 0.717) is 19.4 Å². The molecule has 126 valence electrons. The van der Waals surface area contributed by atoms with Crippen LogP contribution in [0.3, 0.4) is 0 Å². The van der Waals surface area contributed by atoms with Crippen LogP contribution in [0.15, 0.2) is 22.6 Å². The highest BCUT2D eigenvalue weighted by Crippen LogP contribution is 2.49. The summed E-state index contributed by atoms with van der Waals surface area (Å²) in [6.45, 7) is 1.49. The van der Waals surface area contributed by atoms with Crippen molar-refractivity contribution in [2.75, 3.05) is 11.4 Å². The standard InChI is InChI=1S/C16H13ClFNO5/c1-8(20)23-15-13(22)14(10-7-9(17)4-5-11(10)18)24-16(15)19-6-2-3-12(19)21/h4-5,7,22H,2-3,6H2,1H3. The highest BCUT2D eigenvalue weighted by Gasteiger charge is 2.34. The number of amides is 1. The number of nitrogens with zero attached hydrogens (tertiary/aromatic N) is 1. The molecule has 1 aliphatic heterocycles. The summed E-state index contributed by atoms with van der Waals surface area (Å²) in [6.07, 6.45) is 0.905. The molecule has 2 aromatic rings. The van der Waals surface area contributed by atoms with Crippen molar-refractivity contribution in [3.05, 3.63) is 29.0 Å². The molecular formula is C16H13ClFNO5. The van der Waals surface area contributed by atoms with E-state index in [1.54, 1.807) is 0 Å². The van der Waals surface area contributed by atoms with E-state index in [-0.39, 0.29) is 33.9 Å². The Morgan fingerprint density at radius 3 is 2.83 bits per heavy atom. The van der Waals surface area contributed by atoms with Crippen LogP contribution in [0, 0.1) is 5.82 Å². The summed E-state index contributed by atoms with van der Waals surface area (Å²) in [5.41, 5.74) is -0.105. The number of ether oxygens (including phenoxy) is 1. The van der Waals surface area contributed by atoms with Crippen LogP contribution >= 0.6 is 11.6 Å². The van der Waals surface area contributed by atoms with Crippen molar-refractivity contribution in [2.24, 2.45) is 0 Å². The van der Waals surface area contributed by atoms with Gasteiger partial charge in [-0.25, -0.2) is 4.39 Å². The molecule has 1 amide bonds. The molecule has 2 heterocycles. The zero-order chi connectivity index (χ0) is 17.4. The Morgan fingerprint density at radius 1 is 1.46 bits per heavy atom. The Hall–Kier alpha value is -2.54. The van der Waals surface area contributed by atoms with Crippen LogP contribution in [0.2, 0.25) is 5.02 Å². The lowest BCUT2D eigenvalue weighted by Gasteiger charge is -2.13. The summed E-state index contributed by atoms with van der Waals surface area (Å²) < 4.78 is 24.6. The van der Waals surface area contributed by atoms with Gasteiger partial charge in [0.15, 0.2) is 5.76 Å². The van der Waals surface area contributed by atoms with Crippen LogP contribution in [0.5, 0.6) is 11.5 Å². The lowest BCUT2D eigenvalue weighted by molar-refractivity contribution is -0.132. The van der Waals surface area contributed by atoms with Crippen LogP contribution in [-0.4, -0.2) is 23.5 Å². The lowest BCUT2D eigenvalue weighted by atomic mass is 10.1. The third kappa shape index (κ3) is 2.82. The van der Waals surface area contributed by atoms with Gasteiger partial charge in [0.2, 0.25) is 17.4 Å². The van der Waals surface area contributed by atoms with Crippen molar-refractivity contribution in [3.63, 3.8) is 0 Å². The molecule has 0 spiro atoms. The third-order valence-electron chi connectivity index (χ3n) is 3.56. The Kier molecular flexibility index (Phi) is 4.19. The first-order valence-corrected chi connectivity index (χ1v) is 7.56. The van der Waals surface area contributed by atoms with Gasteiger partial charge in [-0.05, 0) is 24.6 Å². The average molecular weight is 354 g/mol. The van der Waals surface area contributed by atoms with Gasteiger partial charge >= 0.3 is 5.97 Å². The van der Waals surface area contributed by atoms with E-state index in [1.165, 1.54) is 17.0 Å². The lowest BCUT2D eigenvalue weighted by Crippen LogP contribution is -2.24. The second-order valence-corrected chi connectivity index (χ2v) is 5.72. The number of hydrogen-bond donors (Lipinski definition) is 1. The number of halogens is 2. The van der Waals surface area contributed by atoms with E-state index in [4.69, 9.17) is 20.8 Å². The molecule has 1 fully saturated rings. The molecule has 6 nitrogen and oxygen atoms in total. The predicted molar refractivity (Wildman–Crippen MR) is 83.7 cm³/mol. The molecule has 0 radical (unpaired) electrons.